The monoisotopic (exact) mass is 209 g/mol. The summed E-state index contributed by atoms with van der Waals surface area (Å²) in [6, 6.07) is 1.86. The maximum Gasteiger partial charge on any atom is 0.253 e. The lowest BCUT2D eigenvalue weighted by Crippen LogP contribution is -2.34. The second kappa shape index (κ2) is 5.66. The fraction of sp³-hybridized carbons (Fsp3) is 0.636. The van der Waals surface area contributed by atoms with Crippen LogP contribution in [0, 0.1) is 6.92 Å². The van der Waals surface area contributed by atoms with Crippen molar-refractivity contribution in [1.29, 1.82) is 0 Å². The van der Waals surface area contributed by atoms with Crippen LogP contribution < -0.4 is 10.9 Å². The molecule has 0 aliphatic heterocycles. The first kappa shape index (κ1) is 11.9. The van der Waals surface area contributed by atoms with E-state index in [-0.39, 0.29) is 5.56 Å². The van der Waals surface area contributed by atoms with Crippen molar-refractivity contribution in [3.8, 4) is 0 Å². The first-order valence-corrected chi connectivity index (χ1v) is 5.40. The maximum atomic E-state index is 11.5. The van der Waals surface area contributed by atoms with Gasteiger partial charge in [-0.2, -0.15) is 0 Å². The van der Waals surface area contributed by atoms with Crippen molar-refractivity contribution in [2.75, 3.05) is 6.54 Å². The zero-order valence-corrected chi connectivity index (χ0v) is 9.66. The molecular formula is C11H19N3O. The number of nitrogens with zero attached hydrogens (tertiary/aromatic N) is 2. The van der Waals surface area contributed by atoms with Crippen molar-refractivity contribution in [1.82, 2.24) is 14.9 Å². The molecule has 0 radical (unpaired) electrons. The summed E-state index contributed by atoms with van der Waals surface area (Å²) in [4.78, 5) is 15.7. The molecule has 4 nitrogen and oxygen atoms in total. The topological polar surface area (TPSA) is 46.9 Å². The predicted molar refractivity (Wildman–Crippen MR) is 61.0 cm³/mol. The maximum absolute atomic E-state index is 11.5. The molecule has 1 aromatic heterocycles. The van der Waals surface area contributed by atoms with E-state index >= 15 is 0 Å². The van der Waals surface area contributed by atoms with Gasteiger partial charge in [-0.05, 0) is 26.8 Å². The summed E-state index contributed by atoms with van der Waals surface area (Å²) in [6.45, 7) is 7.67. The minimum atomic E-state index is 0.0210. The molecule has 0 aliphatic carbocycles. The second-order valence-corrected chi connectivity index (χ2v) is 3.88. The summed E-state index contributed by atoms with van der Waals surface area (Å²) in [5.41, 5.74) is 0.790. The molecule has 15 heavy (non-hydrogen) atoms. The average Bonchev–Trinajstić information content (AvgIpc) is 2.19. The minimum absolute atomic E-state index is 0.0210. The number of aryl methyl sites for hydroxylation is 1. The van der Waals surface area contributed by atoms with Crippen LogP contribution in [0.5, 0.6) is 0 Å². The van der Waals surface area contributed by atoms with Gasteiger partial charge in [0.25, 0.3) is 5.56 Å². The van der Waals surface area contributed by atoms with Crippen LogP contribution in [-0.4, -0.2) is 22.1 Å². The van der Waals surface area contributed by atoms with E-state index in [1.54, 1.807) is 17.0 Å². The molecule has 0 bridgehead atoms. The molecule has 1 aromatic rings. The lowest BCUT2D eigenvalue weighted by atomic mass is 10.3. The average molecular weight is 209 g/mol. The minimum Gasteiger partial charge on any atom is -0.312 e. The van der Waals surface area contributed by atoms with Crippen molar-refractivity contribution in [2.24, 2.45) is 0 Å². The standard InChI is InChI=1S/C11H19N3O/c1-4-5-12-10(3)7-14-8-13-9(2)6-11(14)15/h6,8,10,12H,4-5,7H2,1-3H3. The smallest absolute Gasteiger partial charge is 0.253 e. The van der Waals surface area contributed by atoms with E-state index < -0.39 is 0 Å². The highest BCUT2D eigenvalue weighted by Gasteiger charge is 2.03. The first-order chi connectivity index (χ1) is 7.13. The quantitative estimate of drug-likeness (QED) is 0.785. The molecule has 1 rings (SSSR count). The third-order valence-electron chi connectivity index (χ3n) is 2.23. The Balaban J connectivity index is 2.60. The van der Waals surface area contributed by atoms with E-state index in [1.165, 1.54) is 0 Å². The van der Waals surface area contributed by atoms with Crippen molar-refractivity contribution in [3.63, 3.8) is 0 Å². The van der Waals surface area contributed by atoms with E-state index in [0.717, 1.165) is 18.7 Å². The van der Waals surface area contributed by atoms with Crippen LogP contribution in [0.1, 0.15) is 26.0 Å². The summed E-state index contributed by atoms with van der Waals surface area (Å²) in [6.07, 6.45) is 2.72. The molecule has 0 aromatic carbocycles. The van der Waals surface area contributed by atoms with Gasteiger partial charge in [0.15, 0.2) is 0 Å². The highest BCUT2D eigenvalue weighted by atomic mass is 16.1. The van der Waals surface area contributed by atoms with Gasteiger partial charge in [-0.3, -0.25) is 9.36 Å². The Morgan fingerprint density at radius 2 is 2.33 bits per heavy atom. The van der Waals surface area contributed by atoms with Crippen molar-refractivity contribution in [3.05, 3.63) is 28.4 Å². The van der Waals surface area contributed by atoms with Crippen molar-refractivity contribution in [2.45, 2.75) is 39.8 Å². The van der Waals surface area contributed by atoms with Crippen LogP contribution in [0.4, 0.5) is 0 Å². The summed E-state index contributed by atoms with van der Waals surface area (Å²) >= 11 is 0. The third kappa shape index (κ3) is 3.83. The number of rotatable bonds is 5. The Hall–Kier alpha value is -1.16. The lowest BCUT2D eigenvalue weighted by Gasteiger charge is -2.14. The lowest BCUT2D eigenvalue weighted by molar-refractivity contribution is 0.466. The molecule has 0 aliphatic rings. The number of hydrogen-bond acceptors (Lipinski definition) is 3. The van der Waals surface area contributed by atoms with Crippen LogP contribution in [-0.2, 0) is 6.54 Å². The first-order valence-electron chi connectivity index (χ1n) is 5.40. The van der Waals surface area contributed by atoms with Gasteiger partial charge < -0.3 is 5.32 Å². The molecule has 0 saturated carbocycles. The highest BCUT2D eigenvalue weighted by Crippen LogP contribution is 1.90. The van der Waals surface area contributed by atoms with Gasteiger partial charge in [-0.1, -0.05) is 6.92 Å². The molecule has 0 spiro atoms. The van der Waals surface area contributed by atoms with E-state index in [9.17, 15) is 4.79 Å². The van der Waals surface area contributed by atoms with E-state index in [2.05, 4.69) is 24.1 Å². The van der Waals surface area contributed by atoms with E-state index in [1.807, 2.05) is 6.92 Å². The van der Waals surface area contributed by atoms with Gasteiger partial charge in [0.2, 0.25) is 0 Å². The number of aromatic nitrogens is 2. The normalized spacial score (nSPS) is 12.7. The Morgan fingerprint density at radius 3 is 2.93 bits per heavy atom. The van der Waals surface area contributed by atoms with Crippen LogP contribution in [0.2, 0.25) is 0 Å². The summed E-state index contributed by atoms with van der Waals surface area (Å²) in [5.74, 6) is 0. The molecule has 0 amide bonds. The third-order valence-corrected chi connectivity index (χ3v) is 2.23. The molecule has 1 heterocycles. The second-order valence-electron chi connectivity index (χ2n) is 3.88. The molecule has 0 saturated heterocycles. The van der Waals surface area contributed by atoms with Crippen LogP contribution in [0.3, 0.4) is 0 Å². The molecule has 1 atom stereocenters. The Kier molecular flexibility index (Phi) is 4.49. The Bertz CT molecular complexity index is 359. The van der Waals surface area contributed by atoms with Gasteiger partial charge >= 0.3 is 0 Å². The SMILES string of the molecule is CCCNC(C)Cn1cnc(C)cc1=O. The largest absolute Gasteiger partial charge is 0.312 e. The fourth-order valence-electron chi connectivity index (χ4n) is 1.40. The Labute approximate surface area is 90.3 Å². The highest BCUT2D eigenvalue weighted by molar-refractivity contribution is 4.96. The summed E-state index contributed by atoms with van der Waals surface area (Å²) in [7, 11) is 0. The van der Waals surface area contributed by atoms with Crippen molar-refractivity contribution < 1.29 is 0 Å². The Morgan fingerprint density at radius 1 is 1.60 bits per heavy atom. The molecule has 4 heteroatoms. The molecule has 1 N–H and O–H groups in total. The van der Waals surface area contributed by atoms with E-state index in [0.29, 0.717) is 12.6 Å². The zero-order valence-electron chi connectivity index (χ0n) is 9.66. The number of hydrogen-bond donors (Lipinski definition) is 1. The van der Waals surface area contributed by atoms with Gasteiger partial charge in [-0.15, -0.1) is 0 Å². The van der Waals surface area contributed by atoms with Crippen LogP contribution in [0.25, 0.3) is 0 Å². The van der Waals surface area contributed by atoms with Crippen LogP contribution >= 0.6 is 0 Å². The summed E-state index contributed by atoms with van der Waals surface area (Å²) < 4.78 is 1.64. The molecule has 84 valence electrons. The van der Waals surface area contributed by atoms with Gasteiger partial charge in [0.1, 0.15) is 0 Å². The van der Waals surface area contributed by atoms with Crippen molar-refractivity contribution >= 4 is 0 Å². The zero-order chi connectivity index (χ0) is 11.3. The fourth-order valence-corrected chi connectivity index (χ4v) is 1.40. The van der Waals surface area contributed by atoms with Gasteiger partial charge in [-0.25, -0.2) is 4.98 Å². The van der Waals surface area contributed by atoms with Gasteiger partial charge in [0.05, 0.1) is 6.33 Å². The molecule has 0 fully saturated rings. The predicted octanol–water partition coefficient (Wildman–Crippen LogP) is 0.940. The summed E-state index contributed by atoms with van der Waals surface area (Å²) in [5, 5.41) is 3.34. The number of nitrogens with one attached hydrogen (secondary N) is 1. The van der Waals surface area contributed by atoms with E-state index in [4.69, 9.17) is 0 Å². The van der Waals surface area contributed by atoms with Gasteiger partial charge in [0, 0.05) is 24.3 Å². The molecule has 1 unspecified atom stereocenters. The van der Waals surface area contributed by atoms with Crippen LogP contribution in [0.15, 0.2) is 17.2 Å². The molecular weight excluding hydrogens is 190 g/mol.